The summed E-state index contributed by atoms with van der Waals surface area (Å²) >= 11 is 0. The minimum atomic E-state index is -0.158. The van der Waals surface area contributed by atoms with Crippen molar-refractivity contribution in [3.05, 3.63) is 53.1 Å². The van der Waals surface area contributed by atoms with Crippen LogP contribution in [0.2, 0.25) is 0 Å². The monoisotopic (exact) mass is 273 g/mol. The molecule has 1 saturated heterocycles. The fraction of sp³-hybridized carbons (Fsp3) is 0.438. The lowest BCUT2D eigenvalue weighted by atomic mass is 9.77. The molecule has 3 rings (SSSR count). The van der Waals surface area contributed by atoms with E-state index in [1.54, 1.807) is 12.1 Å². The summed E-state index contributed by atoms with van der Waals surface area (Å²) in [5.74, 6) is 0.559. The Labute approximate surface area is 118 Å². The molecule has 0 radical (unpaired) electrons. The zero-order chi connectivity index (χ0) is 14.1. The maximum atomic E-state index is 13.5. The molecule has 1 aromatic heterocycles. The van der Waals surface area contributed by atoms with Crippen LogP contribution in [-0.2, 0) is 7.05 Å². The molecule has 0 aliphatic carbocycles. The Balaban J connectivity index is 1.97. The van der Waals surface area contributed by atoms with Crippen molar-refractivity contribution in [2.75, 3.05) is 13.1 Å². The van der Waals surface area contributed by atoms with Gasteiger partial charge in [-0.05, 0) is 49.1 Å². The number of nitrogens with zero attached hydrogens (tertiary/aromatic N) is 2. The first-order chi connectivity index (χ1) is 9.66. The van der Waals surface area contributed by atoms with Crippen LogP contribution in [0.5, 0.6) is 0 Å². The molecule has 1 N–H and O–H groups in total. The summed E-state index contributed by atoms with van der Waals surface area (Å²) in [5.41, 5.74) is 3.58. The Morgan fingerprint density at radius 3 is 2.90 bits per heavy atom. The van der Waals surface area contributed by atoms with E-state index >= 15 is 0 Å². The lowest BCUT2D eigenvalue weighted by Crippen LogP contribution is -2.34. The number of benzene rings is 1. The fourth-order valence-electron chi connectivity index (χ4n) is 3.20. The number of hydrogen-bond donors (Lipinski definition) is 1. The highest BCUT2D eigenvalue weighted by molar-refractivity contribution is 5.31. The second-order valence-corrected chi connectivity index (χ2v) is 5.57. The average Bonchev–Trinajstić information content (AvgIpc) is 2.79. The Kier molecular flexibility index (Phi) is 3.57. The molecular weight excluding hydrogens is 253 g/mol. The topological polar surface area (TPSA) is 29.9 Å². The Morgan fingerprint density at radius 1 is 1.35 bits per heavy atom. The molecule has 1 aliphatic rings. The van der Waals surface area contributed by atoms with Gasteiger partial charge in [0.15, 0.2) is 0 Å². The van der Waals surface area contributed by atoms with Gasteiger partial charge < -0.3 is 5.32 Å². The highest BCUT2D eigenvalue weighted by Gasteiger charge is 2.30. The first-order valence-corrected chi connectivity index (χ1v) is 7.11. The van der Waals surface area contributed by atoms with E-state index in [2.05, 4.69) is 17.3 Å². The third-order valence-electron chi connectivity index (χ3n) is 4.43. The molecule has 2 heterocycles. The van der Waals surface area contributed by atoms with Gasteiger partial charge in [-0.1, -0.05) is 12.1 Å². The van der Waals surface area contributed by atoms with Crippen LogP contribution in [0.1, 0.15) is 35.1 Å². The van der Waals surface area contributed by atoms with Crippen molar-refractivity contribution in [3.8, 4) is 0 Å². The van der Waals surface area contributed by atoms with Crippen LogP contribution < -0.4 is 5.32 Å². The van der Waals surface area contributed by atoms with Gasteiger partial charge in [0.1, 0.15) is 5.82 Å². The van der Waals surface area contributed by atoms with Crippen LogP contribution in [0, 0.1) is 12.7 Å². The smallest absolute Gasteiger partial charge is 0.123 e. The molecule has 2 unspecified atom stereocenters. The molecule has 0 amide bonds. The van der Waals surface area contributed by atoms with E-state index in [-0.39, 0.29) is 5.82 Å². The number of nitrogens with one attached hydrogen (secondary N) is 1. The van der Waals surface area contributed by atoms with E-state index in [0.717, 1.165) is 25.1 Å². The van der Waals surface area contributed by atoms with Gasteiger partial charge in [-0.25, -0.2) is 4.39 Å². The van der Waals surface area contributed by atoms with Gasteiger partial charge in [0.25, 0.3) is 0 Å². The molecule has 2 aromatic rings. The van der Waals surface area contributed by atoms with Crippen molar-refractivity contribution in [2.24, 2.45) is 7.05 Å². The van der Waals surface area contributed by atoms with Gasteiger partial charge in [-0.3, -0.25) is 4.68 Å². The molecule has 1 aliphatic heterocycles. The third-order valence-corrected chi connectivity index (χ3v) is 4.43. The van der Waals surface area contributed by atoms with E-state index in [9.17, 15) is 4.39 Å². The predicted molar refractivity (Wildman–Crippen MR) is 77.3 cm³/mol. The minimum absolute atomic E-state index is 0.158. The summed E-state index contributed by atoms with van der Waals surface area (Å²) in [6.07, 6.45) is 3.03. The van der Waals surface area contributed by atoms with Crippen molar-refractivity contribution < 1.29 is 4.39 Å². The third kappa shape index (κ3) is 2.36. The summed E-state index contributed by atoms with van der Waals surface area (Å²) in [5, 5.41) is 7.79. The Morgan fingerprint density at radius 2 is 2.20 bits per heavy atom. The number of piperidine rings is 1. The number of aromatic nitrogens is 2. The predicted octanol–water partition coefficient (Wildman–Crippen LogP) is 2.73. The molecule has 3 nitrogen and oxygen atoms in total. The molecule has 1 fully saturated rings. The minimum Gasteiger partial charge on any atom is -0.316 e. The Bertz CT molecular complexity index is 606. The molecule has 0 bridgehead atoms. The molecule has 106 valence electrons. The molecular formula is C16H20FN3. The molecule has 20 heavy (non-hydrogen) atoms. The largest absolute Gasteiger partial charge is 0.316 e. The van der Waals surface area contributed by atoms with Crippen molar-refractivity contribution in [3.63, 3.8) is 0 Å². The van der Waals surface area contributed by atoms with Crippen molar-refractivity contribution in [1.29, 1.82) is 0 Å². The molecule has 0 spiro atoms. The van der Waals surface area contributed by atoms with Gasteiger partial charge in [0.05, 0.1) is 6.20 Å². The molecule has 0 saturated carbocycles. The van der Waals surface area contributed by atoms with Gasteiger partial charge >= 0.3 is 0 Å². The van der Waals surface area contributed by atoms with Gasteiger partial charge in [-0.2, -0.15) is 5.10 Å². The Hall–Kier alpha value is -1.68. The van der Waals surface area contributed by atoms with Crippen molar-refractivity contribution in [1.82, 2.24) is 15.1 Å². The first-order valence-electron chi connectivity index (χ1n) is 7.11. The van der Waals surface area contributed by atoms with Crippen LogP contribution in [0.25, 0.3) is 0 Å². The average molecular weight is 273 g/mol. The van der Waals surface area contributed by atoms with Crippen LogP contribution in [0.4, 0.5) is 4.39 Å². The van der Waals surface area contributed by atoms with Gasteiger partial charge in [-0.15, -0.1) is 0 Å². The van der Waals surface area contributed by atoms with Crippen LogP contribution in [0.15, 0.2) is 30.5 Å². The quantitative estimate of drug-likeness (QED) is 0.912. The summed E-state index contributed by atoms with van der Waals surface area (Å²) in [4.78, 5) is 0. The van der Waals surface area contributed by atoms with Gasteiger partial charge in [0.2, 0.25) is 0 Å². The van der Waals surface area contributed by atoms with E-state index in [1.165, 1.54) is 17.3 Å². The van der Waals surface area contributed by atoms with Crippen LogP contribution >= 0.6 is 0 Å². The van der Waals surface area contributed by atoms with Crippen LogP contribution in [-0.4, -0.2) is 22.9 Å². The number of halogens is 1. The molecule has 4 heteroatoms. The first kappa shape index (κ1) is 13.3. The second kappa shape index (κ2) is 5.37. The van der Waals surface area contributed by atoms with E-state index in [0.29, 0.717) is 11.8 Å². The highest BCUT2D eigenvalue weighted by atomic mass is 19.1. The fourth-order valence-corrected chi connectivity index (χ4v) is 3.20. The van der Waals surface area contributed by atoms with Crippen LogP contribution in [0.3, 0.4) is 0 Å². The van der Waals surface area contributed by atoms with Gasteiger partial charge in [0, 0.05) is 25.2 Å². The standard InChI is InChI=1S/C16H20FN3/c1-11-15(10-19-20(11)2)14-6-7-18-9-16(14)12-4-3-5-13(17)8-12/h3-5,8,10,14,16,18H,6-7,9H2,1-2H3. The molecule has 2 atom stereocenters. The number of rotatable bonds is 2. The van der Waals surface area contributed by atoms with Crippen molar-refractivity contribution >= 4 is 0 Å². The zero-order valence-electron chi connectivity index (χ0n) is 11.9. The maximum Gasteiger partial charge on any atom is 0.123 e. The van der Waals surface area contributed by atoms with E-state index in [1.807, 2.05) is 24.0 Å². The highest BCUT2D eigenvalue weighted by Crippen LogP contribution is 2.38. The summed E-state index contributed by atoms with van der Waals surface area (Å²) in [7, 11) is 1.97. The summed E-state index contributed by atoms with van der Waals surface area (Å²) < 4.78 is 15.4. The van der Waals surface area contributed by atoms with E-state index < -0.39 is 0 Å². The SMILES string of the molecule is Cc1c(C2CCNCC2c2cccc(F)c2)cnn1C. The maximum absolute atomic E-state index is 13.5. The second-order valence-electron chi connectivity index (χ2n) is 5.57. The zero-order valence-corrected chi connectivity index (χ0v) is 11.9. The van der Waals surface area contributed by atoms with Crippen molar-refractivity contribution in [2.45, 2.75) is 25.2 Å². The van der Waals surface area contributed by atoms with E-state index in [4.69, 9.17) is 0 Å². The summed E-state index contributed by atoms with van der Waals surface area (Å²) in [6, 6.07) is 6.99. The lowest BCUT2D eigenvalue weighted by molar-refractivity contribution is 0.401. The lowest BCUT2D eigenvalue weighted by Gasteiger charge is -2.32. The number of hydrogen-bond acceptors (Lipinski definition) is 2. The molecule has 1 aromatic carbocycles. The normalized spacial score (nSPS) is 22.9. The number of aryl methyl sites for hydroxylation is 1. The summed E-state index contributed by atoms with van der Waals surface area (Å²) in [6.45, 7) is 4.00.